The van der Waals surface area contributed by atoms with E-state index in [1.165, 1.54) is 12.2 Å². The monoisotopic (exact) mass is 254 g/mol. The maximum Gasteiger partial charge on any atom is 0.237 e. The Morgan fingerprint density at radius 2 is 1.33 bits per heavy atom. The summed E-state index contributed by atoms with van der Waals surface area (Å²) in [5, 5.41) is 10.8. The number of nitrogens with zero attached hydrogens (tertiary/aromatic N) is 2. The van der Waals surface area contributed by atoms with Crippen LogP contribution in [0, 0.1) is 10.8 Å². The molecule has 0 unspecified atom stereocenters. The van der Waals surface area contributed by atoms with Crippen LogP contribution in [0.4, 0.5) is 0 Å². The van der Waals surface area contributed by atoms with Crippen molar-refractivity contribution in [2.24, 2.45) is 9.98 Å². The topological polar surface area (TPSA) is 141 Å². The van der Waals surface area contributed by atoms with E-state index in [0.717, 1.165) is 31.4 Å². The van der Waals surface area contributed by atoms with Crippen molar-refractivity contribution in [1.29, 1.82) is 10.8 Å². The van der Waals surface area contributed by atoms with Crippen molar-refractivity contribution in [2.75, 3.05) is 0 Å². The van der Waals surface area contributed by atoms with Crippen LogP contribution in [0.15, 0.2) is 9.98 Å². The fourth-order valence-corrected chi connectivity index (χ4v) is 0.857. The first-order valence-corrected chi connectivity index (χ1v) is 4.90. The van der Waals surface area contributed by atoms with Crippen LogP contribution in [0.3, 0.4) is 0 Å². The molecule has 8 nitrogen and oxygen atoms in total. The van der Waals surface area contributed by atoms with Crippen LogP contribution >= 0.6 is 0 Å². The predicted molar refractivity (Wildman–Crippen MR) is 61.0 cm³/mol. The summed E-state index contributed by atoms with van der Waals surface area (Å²) in [4.78, 5) is 43.1. The van der Waals surface area contributed by atoms with Crippen LogP contribution in [0.5, 0.6) is 0 Å². The van der Waals surface area contributed by atoms with E-state index in [1.807, 2.05) is 0 Å². The first kappa shape index (κ1) is 20.9. The second-order valence-corrected chi connectivity index (χ2v) is 2.62. The van der Waals surface area contributed by atoms with Gasteiger partial charge in [0.05, 0.1) is 0 Å². The summed E-state index contributed by atoms with van der Waals surface area (Å²) in [5.41, 5.74) is 0. The van der Waals surface area contributed by atoms with Gasteiger partial charge in [0.25, 0.3) is 0 Å². The lowest BCUT2D eigenvalue weighted by atomic mass is 10.2. The molecule has 0 aromatic rings. The van der Waals surface area contributed by atoms with E-state index in [-0.39, 0.29) is 0 Å². The van der Waals surface area contributed by atoms with E-state index in [1.54, 1.807) is 0 Å². The molecule has 0 atom stereocenters. The highest BCUT2D eigenvalue weighted by Gasteiger charge is 2.02. The van der Waals surface area contributed by atoms with Crippen molar-refractivity contribution in [3.63, 3.8) is 0 Å². The minimum Gasteiger partial charge on any atom is -0.222 e. The standard InChI is InChI=1S/C8H12N2O2.2CHNO/c1-2-3-4-5-8(9-6-11)10-7-12;2*2-1-3/h8H,2-5H2,1H3;2*2H. The molecule has 0 fully saturated rings. The average molecular weight is 254 g/mol. The van der Waals surface area contributed by atoms with E-state index in [0.29, 0.717) is 6.42 Å². The molecule has 0 aromatic heterocycles. The summed E-state index contributed by atoms with van der Waals surface area (Å²) in [6.45, 7) is 2.07. The molecule has 2 N–H and O–H groups in total. The highest BCUT2D eigenvalue weighted by Crippen LogP contribution is 2.06. The normalized spacial score (nSPS) is 8.28. The van der Waals surface area contributed by atoms with Gasteiger partial charge in [-0.3, -0.25) is 0 Å². The molecule has 0 saturated heterocycles. The number of rotatable bonds is 6. The third kappa shape index (κ3) is 29.2. The molecule has 0 radical (unpaired) electrons. The summed E-state index contributed by atoms with van der Waals surface area (Å²) >= 11 is 0. The van der Waals surface area contributed by atoms with E-state index >= 15 is 0 Å². The van der Waals surface area contributed by atoms with E-state index in [2.05, 4.69) is 16.9 Å². The molecule has 0 aliphatic rings. The largest absolute Gasteiger partial charge is 0.237 e. The second-order valence-electron chi connectivity index (χ2n) is 2.62. The fraction of sp³-hybridized carbons (Fsp3) is 0.600. The molecular formula is C10H14N4O4. The molecule has 0 spiro atoms. The predicted octanol–water partition coefficient (Wildman–Crippen LogP) is 1.37. The van der Waals surface area contributed by atoms with Crippen molar-refractivity contribution in [1.82, 2.24) is 0 Å². The molecule has 0 amide bonds. The van der Waals surface area contributed by atoms with Gasteiger partial charge in [-0.25, -0.2) is 30.0 Å². The minimum atomic E-state index is -0.563. The number of carbonyl (C=O) groups excluding carboxylic acids is 4. The van der Waals surface area contributed by atoms with Gasteiger partial charge >= 0.3 is 0 Å². The Bertz CT molecular complexity index is 315. The molecule has 0 saturated carbocycles. The third-order valence-electron chi connectivity index (χ3n) is 1.47. The third-order valence-corrected chi connectivity index (χ3v) is 1.47. The first-order chi connectivity index (χ1) is 8.67. The van der Waals surface area contributed by atoms with Crippen molar-refractivity contribution in [3.05, 3.63) is 0 Å². The number of nitrogens with one attached hydrogen (secondary N) is 2. The van der Waals surface area contributed by atoms with Crippen molar-refractivity contribution in [3.8, 4) is 0 Å². The first-order valence-electron chi connectivity index (χ1n) is 4.90. The van der Waals surface area contributed by atoms with E-state index in [9.17, 15) is 9.59 Å². The molecule has 0 bridgehead atoms. The fourth-order valence-electron chi connectivity index (χ4n) is 0.857. The Kier molecular flexibility index (Phi) is 27.8. The molecule has 18 heavy (non-hydrogen) atoms. The molecule has 0 aliphatic heterocycles. The van der Waals surface area contributed by atoms with Crippen LogP contribution < -0.4 is 0 Å². The van der Waals surface area contributed by atoms with Crippen molar-refractivity contribution >= 4 is 24.3 Å². The summed E-state index contributed by atoms with van der Waals surface area (Å²) in [6, 6.07) is 0. The number of aliphatic imine (C=N–C) groups is 2. The molecule has 0 aliphatic carbocycles. The van der Waals surface area contributed by atoms with Crippen LogP contribution in [-0.2, 0) is 19.2 Å². The van der Waals surface area contributed by atoms with Gasteiger partial charge in [0, 0.05) is 0 Å². The molecule has 8 heteroatoms. The van der Waals surface area contributed by atoms with Gasteiger partial charge in [0.1, 0.15) is 0 Å². The second kappa shape index (κ2) is 24.0. The Morgan fingerprint density at radius 3 is 1.61 bits per heavy atom. The minimum absolute atomic E-state index is 0.563. The highest BCUT2D eigenvalue weighted by atomic mass is 16.1. The van der Waals surface area contributed by atoms with Gasteiger partial charge in [-0.05, 0) is 12.8 Å². The maximum absolute atomic E-state index is 9.84. The van der Waals surface area contributed by atoms with Crippen LogP contribution in [0.2, 0.25) is 0 Å². The van der Waals surface area contributed by atoms with Gasteiger partial charge < -0.3 is 0 Å². The lowest BCUT2D eigenvalue weighted by Crippen LogP contribution is -1.99. The Morgan fingerprint density at radius 1 is 0.944 bits per heavy atom. The molecule has 98 valence electrons. The lowest BCUT2D eigenvalue weighted by Gasteiger charge is -2.00. The Hall–Kier alpha value is -2.48. The Labute approximate surface area is 104 Å². The zero-order chi connectivity index (χ0) is 14.6. The number of unbranched alkanes of at least 4 members (excludes halogenated alkanes) is 2. The maximum atomic E-state index is 9.84. The Balaban J connectivity index is -0.000000315. The van der Waals surface area contributed by atoms with Gasteiger partial charge in [0.2, 0.25) is 24.3 Å². The smallest absolute Gasteiger partial charge is 0.222 e. The summed E-state index contributed by atoms with van der Waals surface area (Å²) in [5.74, 6) is 0. The van der Waals surface area contributed by atoms with Gasteiger partial charge in [-0.2, -0.15) is 9.98 Å². The quantitative estimate of drug-likeness (QED) is 0.419. The number of hydrogen-bond acceptors (Lipinski definition) is 8. The number of isocyanates is 4. The molecule has 0 aromatic carbocycles. The highest BCUT2D eigenvalue weighted by molar-refractivity contribution is 5.36. The number of hydrogen-bond donors (Lipinski definition) is 2. The summed E-state index contributed by atoms with van der Waals surface area (Å²) in [6.07, 6.45) is 7.38. The zero-order valence-electron chi connectivity index (χ0n) is 9.93. The summed E-state index contributed by atoms with van der Waals surface area (Å²) in [7, 11) is 0. The lowest BCUT2D eigenvalue weighted by molar-refractivity contribution is 0.531. The SMILES string of the molecule is CCCCCC(N=C=O)N=C=O.N=C=O.N=C=O. The van der Waals surface area contributed by atoms with Crippen LogP contribution in [0.1, 0.15) is 32.6 Å². The van der Waals surface area contributed by atoms with Gasteiger partial charge in [0.15, 0.2) is 6.17 Å². The van der Waals surface area contributed by atoms with Gasteiger partial charge in [-0.15, -0.1) is 0 Å². The van der Waals surface area contributed by atoms with E-state index in [4.69, 9.17) is 20.4 Å². The average Bonchev–Trinajstić information content (AvgIpc) is 2.32. The van der Waals surface area contributed by atoms with Crippen LogP contribution in [0.25, 0.3) is 0 Å². The molecular weight excluding hydrogens is 240 g/mol. The molecule has 0 heterocycles. The zero-order valence-corrected chi connectivity index (χ0v) is 9.93. The van der Waals surface area contributed by atoms with E-state index < -0.39 is 6.17 Å². The van der Waals surface area contributed by atoms with Gasteiger partial charge in [-0.1, -0.05) is 19.8 Å². The van der Waals surface area contributed by atoms with Crippen molar-refractivity contribution < 1.29 is 19.2 Å². The summed E-state index contributed by atoms with van der Waals surface area (Å²) < 4.78 is 0. The van der Waals surface area contributed by atoms with Crippen molar-refractivity contribution in [2.45, 2.75) is 38.8 Å². The van der Waals surface area contributed by atoms with Crippen LogP contribution in [-0.4, -0.2) is 30.5 Å². The molecule has 0 rings (SSSR count).